The Balaban J connectivity index is 1.65. The molecule has 0 spiro atoms. The lowest BCUT2D eigenvalue weighted by Crippen LogP contribution is -2.40. The standard InChI is InChI=1S/C15H23N3O/c1-11-5-7-15(19,8-6-11)9-16-14-12-3-2-4-13(12)17-10-18-14/h10-11,19H,2-9H2,1H3,(H,16,17,18). The quantitative estimate of drug-likeness (QED) is 0.876. The summed E-state index contributed by atoms with van der Waals surface area (Å²) in [7, 11) is 0. The summed E-state index contributed by atoms with van der Waals surface area (Å²) in [6.07, 6.45) is 8.98. The molecule has 4 nitrogen and oxygen atoms in total. The van der Waals surface area contributed by atoms with E-state index < -0.39 is 5.60 Å². The molecule has 19 heavy (non-hydrogen) atoms. The summed E-state index contributed by atoms with van der Waals surface area (Å²) >= 11 is 0. The van der Waals surface area contributed by atoms with E-state index in [4.69, 9.17) is 0 Å². The molecule has 104 valence electrons. The van der Waals surface area contributed by atoms with Crippen LogP contribution in [0.4, 0.5) is 5.82 Å². The van der Waals surface area contributed by atoms with Gasteiger partial charge in [-0.15, -0.1) is 0 Å². The van der Waals surface area contributed by atoms with Crippen molar-refractivity contribution in [3.63, 3.8) is 0 Å². The number of aryl methyl sites for hydroxylation is 1. The van der Waals surface area contributed by atoms with E-state index >= 15 is 0 Å². The smallest absolute Gasteiger partial charge is 0.132 e. The first-order chi connectivity index (χ1) is 9.16. The van der Waals surface area contributed by atoms with Crippen molar-refractivity contribution in [1.29, 1.82) is 0 Å². The number of rotatable bonds is 3. The van der Waals surface area contributed by atoms with Gasteiger partial charge in [-0.2, -0.15) is 0 Å². The lowest BCUT2D eigenvalue weighted by atomic mass is 9.79. The highest BCUT2D eigenvalue weighted by atomic mass is 16.3. The summed E-state index contributed by atoms with van der Waals surface area (Å²) in [6, 6.07) is 0. The maximum Gasteiger partial charge on any atom is 0.132 e. The molecule has 2 aliphatic carbocycles. The average molecular weight is 261 g/mol. The van der Waals surface area contributed by atoms with Crippen LogP contribution >= 0.6 is 0 Å². The lowest BCUT2D eigenvalue weighted by molar-refractivity contribution is 0.00493. The van der Waals surface area contributed by atoms with Gasteiger partial charge in [0.15, 0.2) is 0 Å². The van der Waals surface area contributed by atoms with Crippen molar-refractivity contribution in [2.45, 2.75) is 57.5 Å². The van der Waals surface area contributed by atoms with Gasteiger partial charge in [0.2, 0.25) is 0 Å². The summed E-state index contributed by atoms with van der Waals surface area (Å²) < 4.78 is 0. The predicted molar refractivity (Wildman–Crippen MR) is 75.1 cm³/mol. The van der Waals surface area contributed by atoms with Crippen LogP contribution in [0.2, 0.25) is 0 Å². The first-order valence-corrected chi connectivity index (χ1v) is 7.45. The van der Waals surface area contributed by atoms with Crippen molar-refractivity contribution in [1.82, 2.24) is 9.97 Å². The van der Waals surface area contributed by atoms with Crippen LogP contribution in [0.3, 0.4) is 0 Å². The molecule has 0 amide bonds. The summed E-state index contributed by atoms with van der Waals surface area (Å²) in [4.78, 5) is 8.68. The second kappa shape index (κ2) is 5.08. The minimum atomic E-state index is -0.553. The lowest BCUT2D eigenvalue weighted by Gasteiger charge is -2.35. The van der Waals surface area contributed by atoms with Gasteiger partial charge in [-0.25, -0.2) is 9.97 Å². The predicted octanol–water partition coefficient (Wildman–Crippen LogP) is 2.32. The van der Waals surface area contributed by atoms with E-state index in [-0.39, 0.29) is 0 Å². The Morgan fingerprint density at radius 1 is 1.32 bits per heavy atom. The van der Waals surface area contributed by atoms with E-state index in [1.165, 1.54) is 17.7 Å². The van der Waals surface area contributed by atoms with Crippen LogP contribution in [0.5, 0.6) is 0 Å². The number of nitrogens with zero attached hydrogens (tertiary/aromatic N) is 2. The van der Waals surface area contributed by atoms with Crippen LogP contribution in [0.25, 0.3) is 0 Å². The van der Waals surface area contributed by atoms with Crippen LogP contribution in [0, 0.1) is 5.92 Å². The first-order valence-electron chi connectivity index (χ1n) is 7.45. The topological polar surface area (TPSA) is 58.0 Å². The monoisotopic (exact) mass is 261 g/mol. The molecule has 0 bridgehead atoms. The minimum absolute atomic E-state index is 0.553. The molecular weight excluding hydrogens is 238 g/mol. The Bertz CT molecular complexity index is 453. The molecule has 0 aromatic carbocycles. The second-order valence-electron chi connectivity index (χ2n) is 6.26. The zero-order valence-corrected chi connectivity index (χ0v) is 11.7. The highest BCUT2D eigenvalue weighted by Gasteiger charge is 2.32. The van der Waals surface area contributed by atoms with E-state index in [2.05, 4.69) is 22.2 Å². The van der Waals surface area contributed by atoms with Gasteiger partial charge < -0.3 is 10.4 Å². The van der Waals surface area contributed by atoms with Gasteiger partial charge in [0.1, 0.15) is 12.1 Å². The van der Waals surface area contributed by atoms with Gasteiger partial charge in [-0.3, -0.25) is 0 Å². The Kier molecular flexibility index (Phi) is 3.44. The van der Waals surface area contributed by atoms with Gasteiger partial charge in [0.25, 0.3) is 0 Å². The zero-order chi connectivity index (χ0) is 13.3. The number of aromatic nitrogens is 2. The molecule has 1 heterocycles. The van der Waals surface area contributed by atoms with Gasteiger partial charge >= 0.3 is 0 Å². The van der Waals surface area contributed by atoms with Crippen molar-refractivity contribution in [3.8, 4) is 0 Å². The van der Waals surface area contributed by atoms with Crippen LogP contribution in [-0.2, 0) is 12.8 Å². The Hall–Kier alpha value is -1.16. The van der Waals surface area contributed by atoms with Crippen LogP contribution in [0.15, 0.2) is 6.33 Å². The maximum atomic E-state index is 10.6. The highest BCUT2D eigenvalue weighted by molar-refractivity contribution is 5.48. The first kappa shape index (κ1) is 12.9. The molecule has 1 saturated carbocycles. The van der Waals surface area contributed by atoms with Crippen LogP contribution in [0.1, 0.15) is 50.3 Å². The number of anilines is 1. The summed E-state index contributed by atoms with van der Waals surface area (Å²) in [5.41, 5.74) is 1.89. The van der Waals surface area contributed by atoms with E-state index in [0.717, 1.165) is 50.3 Å². The fourth-order valence-electron chi connectivity index (χ4n) is 3.24. The molecule has 1 fully saturated rings. The van der Waals surface area contributed by atoms with Crippen LogP contribution < -0.4 is 5.32 Å². The average Bonchev–Trinajstić information content (AvgIpc) is 2.89. The molecule has 2 N–H and O–H groups in total. The van der Waals surface area contributed by atoms with E-state index in [0.29, 0.717) is 6.54 Å². The highest BCUT2D eigenvalue weighted by Crippen LogP contribution is 2.32. The third-order valence-corrected chi connectivity index (χ3v) is 4.66. The van der Waals surface area contributed by atoms with Gasteiger partial charge in [0.05, 0.1) is 5.60 Å². The fraction of sp³-hybridized carbons (Fsp3) is 0.733. The summed E-state index contributed by atoms with van der Waals surface area (Å²) in [5, 5.41) is 14.0. The molecule has 1 aromatic heterocycles. The molecule has 1 aromatic rings. The number of nitrogens with one attached hydrogen (secondary N) is 1. The summed E-state index contributed by atoms with van der Waals surface area (Å²) in [6.45, 7) is 2.88. The Morgan fingerprint density at radius 2 is 2.11 bits per heavy atom. The van der Waals surface area contributed by atoms with Crippen molar-refractivity contribution in [2.24, 2.45) is 5.92 Å². The van der Waals surface area contributed by atoms with E-state index in [9.17, 15) is 5.11 Å². The molecule has 0 aliphatic heterocycles. The minimum Gasteiger partial charge on any atom is -0.388 e. The zero-order valence-electron chi connectivity index (χ0n) is 11.7. The normalized spacial score (nSPS) is 30.1. The molecule has 0 unspecified atom stereocenters. The molecule has 2 aliphatic rings. The molecule has 4 heteroatoms. The van der Waals surface area contributed by atoms with E-state index in [1.807, 2.05) is 0 Å². The fourth-order valence-corrected chi connectivity index (χ4v) is 3.24. The van der Waals surface area contributed by atoms with Crippen molar-refractivity contribution < 1.29 is 5.11 Å². The molecule has 0 radical (unpaired) electrons. The van der Waals surface area contributed by atoms with Crippen molar-refractivity contribution in [2.75, 3.05) is 11.9 Å². The molecule has 0 saturated heterocycles. The molecule has 0 atom stereocenters. The molecule has 3 rings (SSSR count). The van der Waals surface area contributed by atoms with Gasteiger partial charge in [-0.1, -0.05) is 6.92 Å². The number of aliphatic hydroxyl groups is 1. The van der Waals surface area contributed by atoms with Gasteiger partial charge in [-0.05, 0) is 50.9 Å². The van der Waals surface area contributed by atoms with Crippen LogP contribution in [-0.4, -0.2) is 27.2 Å². The number of hydrogen-bond donors (Lipinski definition) is 2. The Morgan fingerprint density at radius 3 is 2.89 bits per heavy atom. The third-order valence-electron chi connectivity index (χ3n) is 4.66. The number of fused-ring (bicyclic) bond motifs is 1. The van der Waals surface area contributed by atoms with E-state index in [1.54, 1.807) is 6.33 Å². The Labute approximate surface area is 114 Å². The van der Waals surface area contributed by atoms with Crippen molar-refractivity contribution in [3.05, 3.63) is 17.6 Å². The summed E-state index contributed by atoms with van der Waals surface area (Å²) in [5.74, 6) is 1.69. The third kappa shape index (κ3) is 2.73. The molecular formula is C15H23N3O. The number of hydrogen-bond acceptors (Lipinski definition) is 4. The SMILES string of the molecule is CC1CCC(O)(CNc2ncnc3c2CCC3)CC1. The largest absolute Gasteiger partial charge is 0.388 e. The van der Waals surface area contributed by atoms with Gasteiger partial charge in [0, 0.05) is 17.8 Å². The van der Waals surface area contributed by atoms with Crippen molar-refractivity contribution >= 4 is 5.82 Å². The maximum absolute atomic E-state index is 10.6. The second-order valence-corrected chi connectivity index (χ2v) is 6.26.